The molecule has 2 N–H and O–H groups in total. The minimum absolute atomic E-state index is 0.151. The van der Waals surface area contributed by atoms with E-state index in [0.717, 1.165) is 62.2 Å². The second-order valence-corrected chi connectivity index (χ2v) is 22.8. The van der Waals surface area contributed by atoms with E-state index in [1.165, 1.54) is 57.8 Å². The molecule has 10 rings (SSSR count). The SMILES string of the molecule is C/C=C1/CCC2C3C(CC[C@]12C)[C@@]1(C)CC[C@@H](O)CC1[C@H]1OC(C)(C)O[C@H]31.CC[C@H]1CCC2C3C(CC[C@@]21C)[C@@]1(C)CC[C@@H](O)CC1[C@H]1OC(C)(C)O[C@H]31. The third-order valence-electron chi connectivity index (χ3n) is 19.9. The molecule has 6 heteroatoms. The smallest absolute Gasteiger partial charge is 0.163 e. The van der Waals surface area contributed by atoms with Gasteiger partial charge in [0.2, 0.25) is 0 Å². The highest BCUT2D eigenvalue weighted by Crippen LogP contribution is 2.71. The summed E-state index contributed by atoms with van der Waals surface area (Å²) >= 11 is 0. The van der Waals surface area contributed by atoms with Gasteiger partial charge in [-0.25, -0.2) is 0 Å². The minimum Gasteiger partial charge on any atom is -0.393 e. The van der Waals surface area contributed by atoms with Crippen molar-refractivity contribution in [2.24, 2.45) is 74.9 Å². The fourth-order valence-corrected chi connectivity index (χ4v) is 17.4. The average Bonchev–Trinajstić information content (AvgIpc) is 3.84. The molecule has 0 aromatic rings. The molecule has 0 aromatic carbocycles. The summed E-state index contributed by atoms with van der Waals surface area (Å²) in [6.07, 6.45) is 20.9. The molecule has 2 saturated heterocycles. The predicted molar refractivity (Wildman–Crippen MR) is 212 cm³/mol. The van der Waals surface area contributed by atoms with Crippen molar-refractivity contribution in [3.8, 4) is 0 Å². The standard InChI is InChI=1S/C24H40O3.C24H38O3/c2*1-6-14-7-8-16-19-17(10-12-23(14,16)4)24(5)11-9-15(25)13-18(24)20-21(19)27-22(2,3)26-20/h14-21,25H,6-13H2,1-5H3;6,15-21,25H,7-13H2,1-5H3/b;14-6-/t14-,15+,16?,17?,18?,19?,20+,21+,23+,24+;15-,16?,17?,18?,19?,20-,21-,23-,24-/m01/s1. The fraction of sp³-hybridized carbons (Fsp3) is 0.958. The van der Waals surface area contributed by atoms with Crippen LogP contribution in [0.1, 0.15) is 166 Å². The Morgan fingerprint density at radius 1 is 0.537 bits per heavy atom. The maximum absolute atomic E-state index is 10.5. The molecule has 0 aromatic heterocycles. The average molecular weight is 751 g/mol. The normalized spacial score (nSPS) is 58.3. The first-order valence-electron chi connectivity index (χ1n) is 23.1. The van der Waals surface area contributed by atoms with E-state index in [2.05, 4.69) is 75.3 Å². The van der Waals surface area contributed by atoms with Crippen LogP contribution in [-0.2, 0) is 18.9 Å². The van der Waals surface area contributed by atoms with Gasteiger partial charge in [-0.2, -0.15) is 0 Å². The molecule has 0 radical (unpaired) electrons. The summed E-state index contributed by atoms with van der Waals surface area (Å²) in [5, 5.41) is 20.9. The lowest BCUT2D eigenvalue weighted by Gasteiger charge is -2.63. The van der Waals surface area contributed by atoms with Crippen LogP contribution in [-0.4, -0.2) is 58.4 Å². The van der Waals surface area contributed by atoms with E-state index in [1.807, 2.05) is 0 Å². The van der Waals surface area contributed by atoms with Crippen molar-refractivity contribution in [3.05, 3.63) is 11.6 Å². The molecule has 8 unspecified atom stereocenters. The molecule has 8 saturated carbocycles. The maximum atomic E-state index is 10.5. The summed E-state index contributed by atoms with van der Waals surface area (Å²) in [5.74, 6) is 4.98. The number of hydrogen-bond acceptors (Lipinski definition) is 6. The monoisotopic (exact) mass is 751 g/mol. The number of rotatable bonds is 1. The van der Waals surface area contributed by atoms with Crippen molar-refractivity contribution in [1.29, 1.82) is 0 Å². The van der Waals surface area contributed by atoms with Crippen LogP contribution in [0.5, 0.6) is 0 Å². The zero-order chi connectivity index (χ0) is 38.4. The number of ether oxygens (including phenoxy) is 4. The minimum atomic E-state index is -0.497. The summed E-state index contributed by atoms with van der Waals surface area (Å²) in [6.45, 7) is 23.2. The van der Waals surface area contributed by atoms with E-state index >= 15 is 0 Å². The van der Waals surface area contributed by atoms with Gasteiger partial charge < -0.3 is 29.2 Å². The molecule has 2 aliphatic heterocycles. The molecule has 10 fully saturated rings. The number of aliphatic hydroxyl groups is 2. The molecular formula is C48H78O6. The van der Waals surface area contributed by atoms with Crippen LogP contribution < -0.4 is 0 Å². The Morgan fingerprint density at radius 3 is 1.52 bits per heavy atom. The van der Waals surface area contributed by atoms with E-state index in [0.29, 0.717) is 45.8 Å². The third kappa shape index (κ3) is 5.57. The number of fused-ring (bicyclic) bond motifs is 16. The summed E-state index contributed by atoms with van der Waals surface area (Å²) < 4.78 is 26.5. The Hall–Kier alpha value is -0.500. The van der Waals surface area contributed by atoms with Gasteiger partial charge in [-0.15, -0.1) is 0 Å². The highest BCUT2D eigenvalue weighted by Gasteiger charge is 2.70. The second-order valence-electron chi connectivity index (χ2n) is 22.8. The van der Waals surface area contributed by atoms with Gasteiger partial charge in [-0.1, -0.05) is 52.7 Å². The maximum Gasteiger partial charge on any atom is 0.163 e. The summed E-state index contributed by atoms with van der Waals surface area (Å²) in [6, 6.07) is 0. The van der Waals surface area contributed by atoms with Crippen molar-refractivity contribution >= 4 is 0 Å². The van der Waals surface area contributed by atoms with Crippen LogP contribution in [0.15, 0.2) is 11.6 Å². The Balaban J connectivity index is 0.000000142. The van der Waals surface area contributed by atoms with Gasteiger partial charge in [0.25, 0.3) is 0 Å². The zero-order valence-corrected chi connectivity index (χ0v) is 35.9. The predicted octanol–water partition coefficient (Wildman–Crippen LogP) is 10.2. The Kier molecular flexibility index (Phi) is 9.38. The largest absolute Gasteiger partial charge is 0.393 e. The molecule has 19 atom stereocenters. The number of hydrogen-bond donors (Lipinski definition) is 2. The van der Waals surface area contributed by atoms with Gasteiger partial charge >= 0.3 is 0 Å². The van der Waals surface area contributed by atoms with Crippen LogP contribution in [0.3, 0.4) is 0 Å². The number of allylic oxidation sites excluding steroid dienone is 2. The Labute approximate surface area is 328 Å². The lowest BCUT2D eigenvalue weighted by atomic mass is 9.43. The molecular weight excluding hydrogens is 673 g/mol. The first kappa shape index (κ1) is 39.0. The van der Waals surface area contributed by atoms with Crippen molar-refractivity contribution in [1.82, 2.24) is 0 Å². The van der Waals surface area contributed by atoms with Gasteiger partial charge in [0.1, 0.15) is 0 Å². The number of aliphatic hydroxyl groups excluding tert-OH is 2. The van der Waals surface area contributed by atoms with Gasteiger partial charge in [-0.05, 0) is 199 Å². The molecule has 10 aliphatic rings. The zero-order valence-electron chi connectivity index (χ0n) is 35.9. The molecule has 0 bridgehead atoms. The van der Waals surface area contributed by atoms with E-state index in [4.69, 9.17) is 18.9 Å². The van der Waals surface area contributed by atoms with Crippen LogP contribution in [0.2, 0.25) is 0 Å². The van der Waals surface area contributed by atoms with Crippen LogP contribution in [0, 0.1) is 74.9 Å². The molecule has 8 aliphatic carbocycles. The van der Waals surface area contributed by atoms with Crippen molar-refractivity contribution in [2.75, 3.05) is 0 Å². The van der Waals surface area contributed by atoms with Crippen molar-refractivity contribution in [2.45, 2.75) is 214 Å². The Bertz CT molecular complexity index is 1470. The molecule has 6 nitrogen and oxygen atoms in total. The first-order chi connectivity index (χ1) is 25.4. The summed E-state index contributed by atoms with van der Waals surface area (Å²) in [4.78, 5) is 0. The van der Waals surface area contributed by atoms with Crippen LogP contribution in [0.4, 0.5) is 0 Å². The van der Waals surface area contributed by atoms with Gasteiger partial charge in [0.15, 0.2) is 11.6 Å². The topological polar surface area (TPSA) is 77.4 Å². The molecule has 0 amide bonds. The lowest BCUT2D eigenvalue weighted by molar-refractivity contribution is -0.189. The molecule has 54 heavy (non-hydrogen) atoms. The lowest BCUT2D eigenvalue weighted by Crippen LogP contribution is -2.63. The van der Waals surface area contributed by atoms with E-state index in [-0.39, 0.29) is 42.0 Å². The van der Waals surface area contributed by atoms with E-state index in [1.54, 1.807) is 5.57 Å². The molecule has 0 spiro atoms. The van der Waals surface area contributed by atoms with Crippen LogP contribution in [0.25, 0.3) is 0 Å². The van der Waals surface area contributed by atoms with E-state index < -0.39 is 11.6 Å². The molecule has 2 heterocycles. The Morgan fingerprint density at radius 2 is 1.00 bits per heavy atom. The fourth-order valence-electron chi connectivity index (χ4n) is 17.4. The summed E-state index contributed by atoms with van der Waals surface area (Å²) in [7, 11) is 0. The van der Waals surface area contributed by atoms with E-state index in [9.17, 15) is 10.2 Å². The van der Waals surface area contributed by atoms with Gasteiger partial charge in [-0.3, -0.25) is 0 Å². The second kappa shape index (κ2) is 13.0. The molecule has 306 valence electrons. The van der Waals surface area contributed by atoms with Crippen molar-refractivity contribution in [3.63, 3.8) is 0 Å². The quantitative estimate of drug-likeness (QED) is 0.260. The first-order valence-corrected chi connectivity index (χ1v) is 23.1. The van der Waals surface area contributed by atoms with Crippen molar-refractivity contribution < 1.29 is 29.2 Å². The van der Waals surface area contributed by atoms with Gasteiger partial charge in [0.05, 0.1) is 36.6 Å². The van der Waals surface area contributed by atoms with Crippen LogP contribution >= 0.6 is 0 Å². The summed E-state index contributed by atoms with van der Waals surface area (Å²) in [5.41, 5.74) is 3.13. The van der Waals surface area contributed by atoms with Gasteiger partial charge in [0, 0.05) is 0 Å². The highest BCUT2D eigenvalue weighted by molar-refractivity contribution is 5.26. The third-order valence-corrected chi connectivity index (χ3v) is 19.9. The highest BCUT2D eigenvalue weighted by atomic mass is 16.8.